The van der Waals surface area contributed by atoms with E-state index in [2.05, 4.69) is 15.0 Å². The minimum atomic E-state index is -0.307. The molecule has 4 rings (SSSR count). The van der Waals surface area contributed by atoms with Crippen LogP contribution in [0.2, 0.25) is 0 Å². The van der Waals surface area contributed by atoms with Crippen LogP contribution in [0.3, 0.4) is 0 Å². The Morgan fingerprint density at radius 3 is 2.54 bits per heavy atom. The van der Waals surface area contributed by atoms with Gasteiger partial charge in [-0.15, -0.1) is 0 Å². The SMILES string of the molecule is [N-]=[N+]=Nc1cnccc1C1=CC(N2C(=O)c3ccccc3C2=O)CCC1. The van der Waals surface area contributed by atoms with Gasteiger partial charge in [-0.05, 0) is 54.1 Å². The molecular formula is C19H15N5O2. The van der Waals surface area contributed by atoms with Gasteiger partial charge in [0.1, 0.15) is 0 Å². The topological polar surface area (TPSA) is 99.0 Å². The van der Waals surface area contributed by atoms with E-state index < -0.39 is 0 Å². The first kappa shape index (κ1) is 16.1. The second-order valence-electron chi connectivity index (χ2n) is 6.26. The minimum absolute atomic E-state index is 0.252. The van der Waals surface area contributed by atoms with Crippen molar-refractivity contribution in [3.05, 3.63) is 75.9 Å². The summed E-state index contributed by atoms with van der Waals surface area (Å²) in [6.07, 6.45) is 7.44. The van der Waals surface area contributed by atoms with Crippen LogP contribution >= 0.6 is 0 Å². The van der Waals surface area contributed by atoms with Crippen LogP contribution in [0.1, 0.15) is 45.5 Å². The van der Waals surface area contributed by atoms with Crippen LogP contribution in [-0.2, 0) is 0 Å². The molecule has 2 aromatic rings. The number of nitrogens with zero attached hydrogens (tertiary/aromatic N) is 5. The van der Waals surface area contributed by atoms with Crippen molar-refractivity contribution in [2.45, 2.75) is 25.3 Å². The van der Waals surface area contributed by atoms with E-state index in [0.29, 0.717) is 16.8 Å². The molecule has 0 N–H and O–H groups in total. The zero-order valence-corrected chi connectivity index (χ0v) is 13.9. The molecule has 128 valence electrons. The van der Waals surface area contributed by atoms with E-state index in [1.807, 2.05) is 6.08 Å². The Labute approximate surface area is 149 Å². The molecule has 2 aliphatic rings. The number of aromatic nitrogens is 1. The van der Waals surface area contributed by atoms with Gasteiger partial charge in [0.2, 0.25) is 0 Å². The molecule has 0 bridgehead atoms. The molecule has 0 radical (unpaired) electrons. The molecule has 1 aromatic carbocycles. The number of amides is 2. The standard InChI is InChI=1S/C19H15N5O2/c20-23-22-17-11-21-9-8-14(17)12-4-3-5-13(10-12)24-18(25)15-6-1-2-7-16(15)19(24)26/h1-2,6-11,13H,3-5H2. The molecule has 7 nitrogen and oxygen atoms in total. The number of allylic oxidation sites excluding steroid dienone is 1. The first-order valence-electron chi connectivity index (χ1n) is 8.38. The number of imide groups is 1. The Morgan fingerprint density at radius 1 is 1.12 bits per heavy atom. The summed E-state index contributed by atoms with van der Waals surface area (Å²) in [5, 5.41) is 3.70. The highest BCUT2D eigenvalue weighted by molar-refractivity contribution is 6.21. The fourth-order valence-corrected chi connectivity index (χ4v) is 3.62. The van der Waals surface area contributed by atoms with Gasteiger partial charge >= 0.3 is 0 Å². The third-order valence-electron chi connectivity index (χ3n) is 4.80. The molecule has 0 saturated carbocycles. The molecule has 1 aromatic heterocycles. The van der Waals surface area contributed by atoms with Gasteiger partial charge < -0.3 is 0 Å². The lowest BCUT2D eigenvalue weighted by Crippen LogP contribution is -2.39. The highest BCUT2D eigenvalue weighted by Crippen LogP contribution is 2.36. The molecule has 1 aliphatic heterocycles. The zero-order chi connectivity index (χ0) is 18.1. The lowest BCUT2D eigenvalue weighted by molar-refractivity contribution is 0.0606. The van der Waals surface area contributed by atoms with Gasteiger partial charge in [0.05, 0.1) is 22.9 Å². The number of hydrogen-bond donors (Lipinski definition) is 0. The van der Waals surface area contributed by atoms with Gasteiger partial charge in [-0.3, -0.25) is 19.5 Å². The summed E-state index contributed by atoms with van der Waals surface area (Å²) in [5.41, 5.74) is 11.9. The Hall–Kier alpha value is -3.44. The van der Waals surface area contributed by atoms with Crippen LogP contribution in [0, 0.1) is 0 Å². The maximum atomic E-state index is 12.7. The number of carbonyl (C=O) groups is 2. The monoisotopic (exact) mass is 345 g/mol. The molecular weight excluding hydrogens is 330 g/mol. The van der Waals surface area contributed by atoms with E-state index in [9.17, 15) is 9.59 Å². The fraction of sp³-hybridized carbons (Fsp3) is 0.211. The highest BCUT2D eigenvalue weighted by atomic mass is 16.2. The summed E-state index contributed by atoms with van der Waals surface area (Å²) in [5.74, 6) is -0.504. The summed E-state index contributed by atoms with van der Waals surface area (Å²) >= 11 is 0. The van der Waals surface area contributed by atoms with Crippen molar-refractivity contribution in [3.63, 3.8) is 0 Å². The first-order valence-corrected chi connectivity index (χ1v) is 8.38. The van der Waals surface area contributed by atoms with Crippen molar-refractivity contribution in [3.8, 4) is 0 Å². The van der Waals surface area contributed by atoms with Gasteiger partial charge in [0.25, 0.3) is 11.8 Å². The number of benzene rings is 1. The molecule has 0 fully saturated rings. The quantitative estimate of drug-likeness (QED) is 0.360. The van der Waals surface area contributed by atoms with E-state index >= 15 is 0 Å². The van der Waals surface area contributed by atoms with Crippen LogP contribution in [0.25, 0.3) is 16.0 Å². The number of fused-ring (bicyclic) bond motifs is 1. The van der Waals surface area contributed by atoms with Gasteiger partial charge in [0.15, 0.2) is 0 Å². The summed E-state index contributed by atoms with van der Waals surface area (Å²) < 4.78 is 0. The summed E-state index contributed by atoms with van der Waals surface area (Å²) in [6.45, 7) is 0. The Kier molecular flexibility index (Phi) is 3.99. The third kappa shape index (κ3) is 2.55. The lowest BCUT2D eigenvalue weighted by atomic mass is 9.90. The molecule has 1 unspecified atom stereocenters. The zero-order valence-electron chi connectivity index (χ0n) is 13.9. The smallest absolute Gasteiger partial charge is 0.262 e. The van der Waals surface area contributed by atoms with E-state index in [1.165, 1.54) is 11.1 Å². The van der Waals surface area contributed by atoms with Gasteiger partial charge in [-0.1, -0.05) is 23.3 Å². The molecule has 0 saturated heterocycles. The molecule has 2 amide bonds. The van der Waals surface area contributed by atoms with Crippen LogP contribution in [0.4, 0.5) is 5.69 Å². The van der Waals surface area contributed by atoms with Crippen molar-refractivity contribution in [1.29, 1.82) is 0 Å². The van der Waals surface area contributed by atoms with Crippen molar-refractivity contribution in [2.75, 3.05) is 0 Å². The molecule has 0 spiro atoms. The maximum absolute atomic E-state index is 12.7. The number of rotatable bonds is 3. The largest absolute Gasteiger partial charge is 0.269 e. The predicted molar refractivity (Wildman–Crippen MR) is 95.6 cm³/mol. The normalized spacial score (nSPS) is 19.0. The van der Waals surface area contributed by atoms with Crippen LogP contribution < -0.4 is 0 Å². The Balaban J connectivity index is 1.72. The molecule has 1 aliphatic carbocycles. The third-order valence-corrected chi connectivity index (χ3v) is 4.80. The number of carbonyl (C=O) groups excluding carboxylic acids is 2. The van der Waals surface area contributed by atoms with Gasteiger partial charge in [-0.2, -0.15) is 0 Å². The summed E-state index contributed by atoms with van der Waals surface area (Å²) in [6, 6.07) is 8.38. The minimum Gasteiger partial charge on any atom is -0.269 e. The fourth-order valence-electron chi connectivity index (χ4n) is 3.62. The number of pyridine rings is 1. The van der Waals surface area contributed by atoms with Gasteiger partial charge in [-0.25, -0.2) is 0 Å². The molecule has 2 heterocycles. The highest BCUT2D eigenvalue weighted by Gasteiger charge is 2.39. The van der Waals surface area contributed by atoms with E-state index in [-0.39, 0.29) is 17.9 Å². The second kappa shape index (κ2) is 6.46. The summed E-state index contributed by atoms with van der Waals surface area (Å²) in [7, 11) is 0. The molecule has 26 heavy (non-hydrogen) atoms. The maximum Gasteiger partial charge on any atom is 0.262 e. The first-order chi connectivity index (χ1) is 12.7. The van der Waals surface area contributed by atoms with Crippen molar-refractivity contribution in [2.24, 2.45) is 5.11 Å². The van der Waals surface area contributed by atoms with E-state index in [4.69, 9.17) is 5.53 Å². The molecule has 7 heteroatoms. The second-order valence-corrected chi connectivity index (χ2v) is 6.26. The van der Waals surface area contributed by atoms with E-state index in [0.717, 1.165) is 30.4 Å². The van der Waals surface area contributed by atoms with Crippen LogP contribution in [-0.4, -0.2) is 27.7 Å². The Morgan fingerprint density at radius 2 is 1.85 bits per heavy atom. The van der Waals surface area contributed by atoms with Crippen molar-refractivity contribution in [1.82, 2.24) is 9.88 Å². The predicted octanol–water partition coefficient (Wildman–Crippen LogP) is 4.26. The average Bonchev–Trinajstić information content (AvgIpc) is 2.94. The van der Waals surface area contributed by atoms with Gasteiger partial charge in [0, 0.05) is 17.3 Å². The average molecular weight is 345 g/mol. The van der Waals surface area contributed by atoms with E-state index in [1.54, 1.807) is 36.5 Å². The number of hydrogen-bond acceptors (Lipinski definition) is 4. The Bertz CT molecular complexity index is 956. The molecule has 1 atom stereocenters. The van der Waals surface area contributed by atoms with Crippen LogP contribution in [0.15, 0.2) is 53.9 Å². The van der Waals surface area contributed by atoms with Crippen LogP contribution in [0.5, 0.6) is 0 Å². The van der Waals surface area contributed by atoms with Crippen molar-refractivity contribution < 1.29 is 9.59 Å². The number of azide groups is 1. The van der Waals surface area contributed by atoms with Crippen molar-refractivity contribution >= 4 is 23.1 Å². The summed E-state index contributed by atoms with van der Waals surface area (Å²) in [4.78, 5) is 33.6. The lowest BCUT2D eigenvalue weighted by Gasteiger charge is -2.28.